The maximum absolute atomic E-state index is 11.4. The van der Waals surface area contributed by atoms with E-state index in [1.54, 1.807) is 0 Å². The van der Waals surface area contributed by atoms with E-state index in [0.717, 1.165) is 38.5 Å². The second kappa shape index (κ2) is 17.3. The zero-order valence-corrected chi connectivity index (χ0v) is 16.5. The normalized spacial score (nSPS) is 12.5. The highest BCUT2D eigenvalue weighted by Crippen LogP contribution is 2.14. The van der Waals surface area contributed by atoms with Gasteiger partial charge >= 0.3 is 5.97 Å². The molecule has 1 atom stereocenters. The van der Waals surface area contributed by atoms with Gasteiger partial charge in [-0.05, 0) is 33.1 Å². The second-order valence-corrected chi connectivity index (χ2v) is 7.41. The first kappa shape index (κ1) is 23.4. The van der Waals surface area contributed by atoms with Gasteiger partial charge in [0.05, 0.1) is 12.2 Å². The van der Waals surface area contributed by atoms with Crippen LogP contribution in [0.4, 0.5) is 0 Å². The lowest BCUT2D eigenvalue weighted by atomic mass is 10.0. The predicted octanol–water partition coefficient (Wildman–Crippen LogP) is 6.17. The molecule has 144 valence electrons. The Bertz CT molecular complexity index is 276. The number of hydrogen-bond donors (Lipinski definition) is 1. The number of rotatable bonds is 17. The number of hydrogen-bond acceptors (Lipinski definition) is 3. The van der Waals surface area contributed by atoms with Gasteiger partial charge in [-0.2, -0.15) is 0 Å². The van der Waals surface area contributed by atoms with Crippen molar-refractivity contribution in [1.29, 1.82) is 0 Å². The third-order valence-electron chi connectivity index (χ3n) is 4.43. The monoisotopic (exact) mass is 342 g/mol. The number of ether oxygens (including phenoxy) is 1. The molecule has 24 heavy (non-hydrogen) atoms. The maximum Gasteiger partial charge on any atom is 0.306 e. The average Bonchev–Trinajstić information content (AvgIpc) is 2.52. The third-order valence-corrected chi connectivity index (χ3v) is 4.43. The molecular weight excluding hydrogens is 300 g/mol. The molecule has 1 unspecified atom stereocenters. The fourth-order valence-electron chi connectivity index (χ4n) is 2.98. The van der Waals surface area contributed by atoms with Crippen LogP contribution in [0.2, 0.25) is 0 Å². The second-order valence-electron chi connectivity index (χ2n) is 7.41. The number of esters is 1. The molecule has 0 aliphatic heterocycles. The smallest absolute Gasteiger partial charge is 0.306 e. The van der Waals surface area contributed by atoms with Gasteiger partial charge in [0.15, 0.2) is 0 Å². The number of carbonyl (C=O) groups is 1. The molecule has 0 heterocycles. The van der Waals surface area contributed by atoms with E-state index in [-0.39, 0.29) is 18.2 Å². The van der Waals surface area contributed by atoms with Crippen LogP contribution in [0.5, 0.6) is 0 Å². The molecule has 0 aromatic rings. The van der Waals surface area contributed by atoms with Gasteiger partial charge in [0.25, 0.3) is 0 Å². The Kier molecular flexibility index (Phi) is 16.8. The molecule has 0 rings (SSSR count). The van der Waals surface area contributed by atoms with Crippen LogP contribution in [0.3, 0.4) is 0 Å². The van der Waals surface area contributed by atoms with E-state index >= 15 is 0 Å². The van der Waals surface area contributed by atoms with Gasteiger partial charge in [0.1, 0.15) is 0 Å². The summed E-state index contributed by atoms with van der Waals surface area (Å²) in [5.41, 5.74) is 0. The lowest BCUT2D eigenvalue weighted by Gasteiger charge is -2.10. The Morgan fingerprint density at radius 3 is 1.75 bits per heavy atom. The fraction of sp³-hybridized carbons (Fsp3) is 0.952. The zero-order chi connectivity index (χ0) is 18.0. The van der Waals surface area contributed by atoms with E-state index in [1.165, 1.54) is 51.4 Å². The summed E-state index contributed by atoms with van der Waals surface area (Å²) in [5.74, 6) is -0.0970. The lowest BCUT2D eigenvalue weighted by molar-refractivity contribution is -0.147. The van der Waals surface area contributed by atoms with Crippen molar-refractivity contribution in [2.24, 2.45) is 0 Å². The Balaban J connectivity index is 3.26. The van der Waals surface area contributed by atoms with Crippen LogP contribution >= 0.6 is 0 Å². The molecule has 1 N–H and O–H groups in total. The molecule has 0 fully saturated rings. The summed E-state index contributed by atoms with van der Waals surface area (Å²) in [6.45, 7) is 6.01. The Morgan fingerprint density at radius 2 is 1.25 bits per heavy atom. The predicted molar refractivity (Wildman–Crippen MR) is 102 cm³/mol. The van der Waals surface area contributed by atoms with Gasteiger partial charge in [-0.3, -0.25) is 4.79 Å². The molecule has 3 nitrogen and oxygen atoms in total. The summed E-state index contributed by atoms with van der Waals surface area (Å²) in [7, 11) is 0. The molecule has 0 saturated heterocycles. The largest absolute Gasteiger partial charge is 0.463 e. The van der Waals surface area contributed by atoms with Gasteiger partial charge < -0.3 is 9.84 Å². The summed E-state index contributed by atoms with van der Waals surface area (Å²) < 4.78 is 5.10. The van der Waals surface area contributed by atoms with E-state index < -0.39 is 0 Å². The molecule has 0 saturated carbocycles. The molecule has 0 radical (unpaired) electrons. The Labute approximate surface area is 150 Å². The number of unbranched alkanes of at least 4 members (excludes halogenated alkanes) is 10. The van der Waals surface area contributed by atoms with Crippen molar-refractivity contribution in [2.75, 3.05) is 0 Å². The number of aliphatic hydroxyl groups excluding tert-OH is 1. The van der Waals surface area contributed by atoms with Crippen LogP contribution in [0.15, 0.2) is 0 Å². The standard InChI is InChI=1S/C21H42O3/c1-4-5-6-7-8-9-10-11-13-16-20(22)17-14-12-15-18-21(23)24-19(2)3/h19-20,22H,4-18H2,1-3H3. The number of aliphatic hydroxyl groups is 1. The minimum atomic E-state index is -0.155. The lowest BCUT2D eigenvalue weighted by Crippen LogP contribution is -2.11. The van der Waals surface area contributed by atoms with E-state index in [2.05, 4.69) is 6.92 Å². The summed E-state index contributed by atoms with van der Waals surface area (Å²) in [6.07, 6.45) is 17.0. The van der Waals surface area contributed by atoms with Crippen LogP contribution in [0, 0.1) is 0 Å². The zero-order valence-electron chi connectivity index (χ0n) is 16.5. The minimum Gasteiger partial charge on any atom is -0.463 e. The van der Waals surface area contributed by atoms with Gasteiger partial charge in [0, 0.05) is 6.42 Å². The SMILES string of the molecule is CCCCCCCCCCCC(O)CCCCCC(=O)OC(C)C. The summed E-state index contributed by atoms with van der Waals surface area (Å²) in [6, 6.07) is 0. The third kappa shape index (κ3) is 17.8. The van der Waals surface area contributed by atoms with Gasteiger partial charge in [-0.25, -0.2) is 0 Å². The van der Waals surface area contributed by atoms with Gasteiger partial charge in [0.2, 0.25) is 0 Å². The highest BCUT2D eigenvalue weighted by molar-refractivity contribution is 5.69. The van der Waals surface area contributed by atoms with Crippen LogP contribution in [-0.2, 0) is 9.53 Å². The number of carbonyl (C=O) groups excluding carboxylic acids is 1. The molecule has 0 aliphatic rings. The van der Waals surface area contributed by atoms with E-state index in [9.17, 15) is 9.90 Å². The molecule has 0 aliphatic carbocycles. The quantitative estimate of drug-likeness (QED) is 0.254. The topological polar surface area (TPSA) is 46.5 Å². The first-order chi connectivity index (χ1) is 11.6. The molecular formula is C21H42O3. The van der Waals surface area contributed by atoms with E-state index in [0.29, 0.717) is 6.42 Å². The molecule has 0 bridgehead atoms. The van der Waals surface area contributed by atoms with Crippen molar-refractivity contribution >= 4 is 5.97 Å². The molecule has 0 aromatic heterocycles. The van der Waals surface area contributed by atoms with Crippen molar-refractivity contribution in [3.63, 3.8) is 0 Å². The highest BCUT2D eigenvalue weighted by Gasteiger charge is 2.06. The van der Waals surface area contributed by atoms with Crippen LogP contribution in [0.1, 0.15) is 117 Å². The first-order valence-corrected chi connectivity index (χ1v) is 10.4. The molecule has 0 aromatic carbocycles. The van der Waals surface area contributed by atoms with Crippen molar-refractivity contribution in [2.45, 2.75) is 129 Å². The summed E-state index contributed by atoms with van der Waals surface area (Å²) in [5, 5.41) is 9.98. The van der Waals surface area contributed by atoms with Gasteiger partial charge in [-0.15, -0.1) is 0 Å². The first-order valence-electron chi connectivity index (χ1n) is 10.4. The van der Waals surface area contributed by atoms with Crippen LogP contribution < -0.4 is 0 Å². The average molecular weight is 343 g/mol. The van der Waals surface area contributed by atoms with Crippen LogP contribution in [0.25, 0.3) is 0 Å². The minimum absolute atomic E-state index is 0.0179. The van der Waals surface area contributed by atoms with Crippen LogP contribution in [-0.4, -0.2) is 23.3 Å². The molecule has 0 spiro atoms. The van der Waals surface area contributed by atoms with E-state index in [1.807, 2.05) is 13.8 Å². The van der Waals surface area contributed by atoms with E-state index in [4.69, 9.17) is 4.74 Å². The Morgan fingerprint density at radius 1 is 0.792 bits per heavy atom. The summed E-state index contributed by atoms with van der Waals surface area (Å²) >= 11 is 0. The molecule has 3 heteroatoms. The fourth-order valence-corrected chi connectivity index (χ4v) is 2.98. The maximum atomic E-state index is 11.4. The summed E-state index contributed by atoms with van der Waals surface area (Å²) in [4.78, 5) is 11.4. The van der Waals surface area contributed by atoms with Crippen molar-refractivity contribution in [1.82, 2.24) is 0 Å². The van der Waals surface area contributed by atoms with Crippen molar-refractivity contribution in [3.8, 4) is 0 Å². The Hall–Kier alpha value is -0.570. The van der Waals surface area contributed by atoms with Gasteiger partial charge in [-0.1, -0.05) is 77.6 Å². The highest BCUT2D eigenvalue weighted by atomic mass is 16.5. The van der Waals surface area contributed by atoms with Crippen molar-refractivity contribution in [3.05, 3.63) is 0 Å². The van der Waals surface area contributed by atoms with Crippen molar-refractivity contribution < 1.29 is 14.6 Å². The molecule has 0 amide bonds.